The van der Waals surface area contributed by atoms with Crippen molar-refractivity contribution in [3.63, 3.8) is 0 Å². The van der Waals surface area contributed by atoms with Crippen LogP contribution >= 0.6 is 23.1 Å². The fraction of sp³-hybridized carbons (Fsp3) is 0.125. The van der Waals surface area contributed by atoms with Gasteiger partial charge in [0.1, 0.15) is 5.82 Å². The van der Waals surface area contributed by atoms with Crippen LogP contribution in [0.4, 0.5) is 5.69 Å². The third-order valence-corrected chi connectivity index (χ3v) is 7.13. The van der Waals surface area contributed by atoms with Gasteiger partial charge in [-0.25, -0.2) is 4.98 Å². The zero-order valence-corrected chi connectivity index (χ0v) is 19.1. The Bertz CT molecular complexity index is 1380. The Morgan fingerprint density at radius 2 is 1.79 bits per heavy atom. The Morgan fingerprint density at radius 3 is 2.55 bits per heavy atom. The van der Waals surface area contributed by atoms with Crippen LogP contribution in [0.2, 0.25) is 0 Å². The van der Waals surface area contributed by atoms with Crippen molar-refractivity contribution in [2.45, 2.75) is 23.8 Å². The third-order valence-electron chi connectivity index (χ3n) is 5.29. The van der Waals surface area contributed by atoms with Crippen molar-refractivity contribution in [1.29, 1.82) is 0 Å². The average molecular weight is 475 g/mol. The molecule has 1 aliphatic carbocycles. The van der Waals surface area contributed by atoms with Crippen LogP contribution in [0, 0.1) is 0 Å². The average Bonchev–Trinajstić information content (AvgIpc) is 3.50. The highest BCUT2D eigenvalue weighted by Crippen LogP contribution is 2.32. The topological polar surface area (TPSA) is 105 Å². The molecule has 2 N–H and O–H groups in total. The summed E-state index contributed by atoms with van der Waals surface area (Å²) < 4.78 is 0. The predicted molar refractivity (Wildman–Crippen MR) is 127 cm³/mol. The summed E-state index contributed by atoms with van der Waals surface area (Å²) in [5, 5.41) is 11.9. The van der Waals surface area contributed by atoms with Crippen LogP contribution in [0.5, 0.6) is 0 Å². The first kappa shape index (κ1) is 21.3. The summed E-state index contributed by atoms with van der Waals surface area (Å²) in [6.07, 6.45) is 0.652. The second kappa shape index (κ2) is 8.76. The molecule has 2 aromatic carbocycles. The molecular formula is C24H18N4O3S2. The molecule has 0 spiro atoms. The lowest BCUT2D eigenvalue weighted by atomic mass is 9.83. The molecule has 9 heteroatoms. The Labute approximate surface area is 197 Å². The van der Waals surface area contributed by atoms with Crippen LogP contribution in [0.25, 0.3) is 0 Å². The van der Waals surface area contributed by atoms with Crippen LogP contribution in [-0.2, 0) is 11.2 Å². The van der Waals surface area contributed by atoms with Crippen LogP contribution < -0.4 is 5.32 Å². The first-order chi connectivity index (χ1) is 16.0. The number of carbonyl (C=O) groups is 3. The second-order valence-electron chi connectivity index (χ2n) is 7.50. The number of aromatic amines is 1. The van der Waals surface area contributed by atoms with Gasteiger partial charge in [-0.05, 0) is 24.4 Å². The van der Waals surface area contributed by atoms with Gasteiger partial charge in [0.2, 0.25) is 11.1 Å². The van der Waals surface area contributed by atoms with Gasteiger partial charge in [-0.15, -0.1) is 16.4 Å². The number of carbonyl (C=O) groups excluding carboxylic acids is 3. The van der Waals surface area contributed by atoms with E-state index in [2.05, 4.69) is 20.5 Å². The van der Waals surface area contributed by atoms with E-state index in [4.69, 9.17) is 0 Å². The van der Waals surface area contributed by atoms with Crippen LogP contribution in [0.1, 0.15) is 49.5 Å². The molecule has 33 heavy (non-hydrogen) atoms. The van der Waals surface area contributed by atoms with Gasteiger partial charge in [0.15, 0.2) is 11.6 Å². The number of aromatic nitrogens is 3. The summed E-state index contributed by atoms with van der Waals surface area (Å²) >= 11 is 2.86. The van der Waals surface area contributed by atoms with Gasteiger partial charge in [0.25, 0.3) is 0 Å². The van der Waals surface area contributed by atoms with Gasteiger partial charge < -0.3 is 5.32 Å². The number of hydrogen-bond acceptors (Lipinski definition) is 7. The van der Waals surface area contributed by atoms with Crippen LogP contribution in [0.3, 0.4) is 0 Å². The summed E-state index contributed by atoms with van der Waals surface area (Å²) in [6, 6.07) is 15.7. The summed E-state index contributed by atoms with van der Waals surface area (Å²) in [7, 11) is 0. The molecule has 0 saturated heterocycles. The van der Waals surface area contributed by atoms with Crippen molar-refractivity contribution in [3.8, 4) is 0 Å². The summed E-state index contributed by atoms with van der Waals surface area (Å²) in [6.45, 7) is 1.74. The summed E-state index contributed by atoms with van der Waals surface area (Å²) in [5.74, 6) is -0.0779. The van der Waals surface area contributed by atoms with E-state index in [1.54, 1.807) is 60.7 Å². The lowest BCUT2D eigenvalue weighted by molar-refractivity contribution is -0.115. The number of rotatable bonds is 6. The molecule has 2 aromatic heterocycles. The number of amides is 1. The van der Waals surface area contributed by atoms with Gasteiger partial charge >= 0.3 is 0 Å². The molecule has 1 aliphatic rings. The van der Waals surface area contributed by atoms with E-state index in [0.717, 1.165) is 5.82 Å². The molecule has 0 fully saturated rings. The molecule has 164 valence electrons. The molecule has 1 atom stereocenters. The van der Waals surface area contributed by atoms with Crippen LogP contribution in [0.15, 0.2) is 65.1 Å². The number of thiophene rings is 1. The first-order valence-corrected chi connectivity index (χ1v) is 12.0. The maximum absolute atomic E-state index is 13.1. The third kappa shape index (κ3) is 4.12. The Balaban J connectivity index is 1.32. The molecule has 0 aliphatic heterocycles. The maximum atomic E-state index is 13.1. The van der Waals surface area contributed by atoms with Gasteiger partial charge in [-0.3, -0.25) is 19.5 Å². The fourth-order valence-electron chi connectivity index (χ4n) is 3.68. The van der Waals surface area contributed by atoms with E-state index < -0.39 is 5.25 Å². The van der Waals surface area contributed by atoms with Crippen LogP contribution in [-0.4, -0.2) is 37.9 Å². The number of nitrogens with one attached hydrogen (secondary N) is 2. The quantitative estimate of drug-likeness (QED) is 0.355. The minimum absolute atomic E-state index is 0.224. The van der Waals surface area contributed by atoms with Crippen molar-refractivity contribution in [3.05, 3.63) is 92.9 Å². The molecule has 0 radical (unpaired) electrons. The molecule has 0 unspecified atom stereocenters. The van der Waals surface area contributed by atoms with E-state index >= 15 is 0 Å². The molecular weight excluding hydrogens is 456 g/mol. The van der Waals surface area contributed by atoms with Crippen molar-refractivity contribution < 1.29 is 14.4 Å². The number of fused-ring (bicyclic) bond motifs is 2. The molecule has 1 amide bonds. The largest absolute Gasteiger partial charge is 0.324 e. The minimum atomic E-state index is -0.520. The zero-order valence-electron chi connectivity index (χ0n) is 17.5. The van der Waals surface area contributed by atoms with Crippen molar-refractivity contribution in [1.82, 2.24) is 15.2 Å². The number of hydrogen-bond donors (Lipinski definition) is 2. The number of thioether (sulfide) groups is 1. The molecule has 0 bridgehead atoms. The molecule has 7 nitrogen and oxygen atoms in total. The summed E-state index contributed by atoms with van der Waals surface area (Å²) in [5.41, 5.74) is 1.57. The number of H-pyrrole nitrogens is 1. The lowest BCUT2D eigenvalue weighted by Crippen LogP contribution is -2.27. The monoisotopic (exact) mass is 474 g/mol. The summed E-state index contributed by atoms with van der Waals surface area (Å²) in [4.78, 5) is 44.5. The zero-order chi connectivity index (χ0) is 22.9. The van der Waals surface area contributed by atoms with Crippen molar-refractivity contribution in [2.75, 3.05) is 5.32 Å². The number of anilines is 1. The second-order valence-corrected chi connectivity index (χ2v) is 9.84. The van der Waals surface area contributed by atoms with E-state index in [1.165, 1.54) is 16.6 Å². The first-order valence-electron chi connectivity index (χ1n) is 10.2. The standard InChI is InChI=1S/C24H18N4O3S2/c1-13(33-24-26-19(27-28-24)12-14-6-5-11-32-14)23(31)25-18-10-4-9-17-20(18)22(30)16-8-3-2-7-15(16)21(17)29/h2-11,13H,12H2,1H3,(H,25,31)(H,26,27,28)/t13-/m1/s1. The highest BCUT2D eigenvalue weighted by atomic mass is 32.2. The fourth-order valence-corrected chi connectivity index (χ4v) is 5.14. The van der Waals surface area contributed by atoms with E-state index in [0.29, 0.717) is 34.0 Å². The number of nitrogens with zero attached hydrogens (tertiary/aromatic N) is 2. The highest BCUT2D eigenvalue weighted by molar-refractivity contribution is 8.00. The van der Waals surface area contributed by atoms with Gasteiger partial charge in [0.05, 0.1) is 16.5 Å². The molecule has 2 heterocycles. The van der Waals surface area contributed by atoms with Gasteiger partial charge in [-0.2, -0.15) is 0 Å². The smallest absolute Gasteiger partial charge is 0.237 e. The predicted octanol–water partition coefficient (Wildman–Crippen LogP) is 4.35. The van der Waals surface area contributed by atoms with E-state index in [9.17, 15) is 14.4 Å². The maximum Gasteiger partial charge on any atom is 0.237 e. The van der Waals surface area contributed by atoms with E-state index in [1.807, 2.05) is 17.5 Å². The van der Waals surface area contributed by atoms with Crippen molar-refractivity contribution in [2.24, 2.45) is 0 Å². The Morgan fingerprint density at radius 1 is 1.03 bits per heavy atom. The van der Waals surface area contributed by atoms with Gasteiger partial charge in [-0.1, -0.05) is 54.2 Å². The lowest BCUT2D eigenvalue weighted by Gasteiger charge is -2.21. The SMILES string of the molecule is C[C@@H](Sc1n[nH]c(Cc2cccs2)n1)C(=O)Nc1cccc2c1C(=O)c1ccccc1C2=O. The molecule has 4 aromatic rings. The molecule has 5 rings (SSSR count). The van der Waals surface area contributed by atoms with E-state index in [-0.39, 0.29) is 23.0 Å². The molecule has 0 saturated carbocycles. The van der Waals surface area contributed by atoms with Gasteiger partial charge in [0, 0.05) is 28.0 Å². The number of ketones is 2. The highest BCUT2D eigenvalue weighted by Gasteiger charge is 2.32. The van der Waals surface area contributed by atoms with Crippen molar-refractivity contribution >= 4 is 46.3 Å². The number of benzene rings is 2. The minimum Gasteiger partial charge on any atom is -0.324 e. The normalized spacial score (nSPS) is 13.4. The Kier molecular flexibility index (Phi) is 5.65. The Hall–Kier alpha value is -3.56.